The van der Waals surface area contributed by atoms with Gasteiger partial charge in [-0.15, -0.1) is 0 Å². The first-order valence-corrected chi connectivity index (χ1v) is 6.68. The standard InChI is InChI=1S/C15H21N3O2/c1-11(13-4-5-14(19)15(8-13)20-3)16-7-6-12-9-17-18(2)10-12/h4-5,8-11,16,19H,6-7H2,1-3H3. The third-order valence-electron chi connectivity index (χ3n) is 3.33. The van der Waals surface area contributed by atoms with Crippen molar-refractivity contribution >= 4 is 0 Å². The van der Waals surface area contributed by atoms with Crippen LogP contribution >= 0.6 is 0 Å². The van der Waals surface area contributed by atoms with Crippen LogP contribution in [0.4, 0.5) is 0 Å². The number of ether oxygens (including phenoxy) is 1. The first-order valence-electron chi connectivity index (χ1n) is 6.68. The van der Waals surface area contributed by atoms with Gasteiger partial charge in [0.2, 0.25) is 0 Å². The van der Waals surface area contributed by atoms with Crippen molar-refractivity contribution < 1.29 is 9.84 Å². The van der Waals surface area contributed by atoms with Crippen LogP contribution in [-0.4, -0.2) is 28.5 Å². The van der Waals surface area contributed by atoms with Crippen molar-refractivity contribution in [3.8, 4) is 11.5 Å². The van der Waals surface area contributed by atoms with Crippen molar-refractivity contribution in [3.05, 3.63) is 41.7 Å². The maximum atomic E-state index is 9.59. The second kappa shape index (κ2) is 6.43. The molecule has 0 fully saturated rings. The molecule has 0 saturated carbocycles. The third kappa shape index (κ3) is 3.51. The molecule has 1 atom stereocenters. The van der Waals surface area contributed by atoms with E-state index in [1.165, 1.54) is 5.56 Å². The van der Waals surface area contributed by atoms with E-state index in [0.717, 1.165) is 18.5 Å². The molecule has 0 aliphatic heterocycles. The first kappa shape index (κ1) is 14.4. The molecule has 0 saturated heterocycles. The van der Waals surface area contributed by atoms with Gasteiger partial charge in [0.15, 0.2) is 11.5 Å². The van der Waals surface area contributed by atoms with Gasteiger partial charge in [-0.2, -0.15) is 5.10 Å². The number of methoxy groups -OCH3 is 1. The number of aryl methyl sites for hydroxylation is 1. The van der Waals surface area contributed by atoms with Crippen molar-refractivity contribution in [1.82, 2.24) is 15.1 Å². The largest absolute Gasteiger partial charge is 0.504 e. The lowest BCUT2D eigenvalue weighted by Gasteiger charge is -2.15. The molecule has 1 unspecified atom stereocenters. The second-order valence-electron chi connectivity index (χ2n) is 4.88. The lowest BCUT2D eigenvalue weighted by Crippen LogP contribution is -2.21. The molecule has 1 aromatic heterocycles. The van der Waals surface area contributed by atoms with Gasteiger partial charge in [-0.3, -0.25) is 4.68 Å². The Kier molecular flexibility index (Phi) is 4.63. The van der Waals surface area contributed by atoms with Crippen molar-refractivity contribution in [2.75, 3.05) is 13.7 Å². The van der Waals surface area contributed by atoms with Crippen LogP contribution in [-0.2, 0) is 13.5 Å². The Morgan fingerprint density at radius 3 is 2.90 bits per heavy atom. The monoisotopic (exact) mass is 275 g/mol. The molecule has 0 aliphatic carbocycles. The van der Waals surface area contributed by atoms with E-state index in [0.29, 0.717) is 5.75 Å². The van der Waals surface area contributed by atoms with E-state index in [4.69, 9.17) is 4.74 Å². The summed E-state index contributed by atoms with van der Waals surface area (Å²) < 4.78 is 6.93. The Labute approximate surface area is 119 Å². The number of aromatic hydroxyl groups is 1. The fraction of sp³-hybridized carbons (Fsp3) is 0.400. The molecular weight excluding hydrogens is 254 g/mol. The summed E-state index contributed by atoms with van der Waals surface area (Å²) in [6.45, 7) is 2.96. The minimum atomic E-state index is 0.166. The fourth-order valence-electron chi connectivity index (χ4n) is 2.12. The summed E-state index contributed by atoms with van der Waals surface area (Å²) in [5, 5.41) is 17.2. The highest BCUT2D eigenvalue weighted by molar-refractivity contribution is 5.42. The van der Waals surface area contributed by atoms with Crippen molar-refractivity contribution in [2.24, 2.45) is 7.05 Å². The van der Waals surface area contributed by atoms with E-state index >= 15 is 0 Å². The van der Waals surface area contributed by atoms with Gasteiger partial charge in [-0.1, -0.05) is 6.07 Å². The number of phenolic OH excluding ortho intramolecular Hbond substituents is 1. The van der Waals surface area contributed by atoms with Gasteiger partial charge in [-0.25, -0.2) is 0 Å². The highest BCUT2D eigenvalue weighted by atomic mass is 16.5. The summed E-state index contributed by atoms with van der Waals surface area (Å²) in [6.07, 6.45) is 4.85. The summed E-state index contributed by atoms with van der Waals surface area (Å²) in [7, 11) is 3.47. The number of hydrogen-bond donors (Lipinski definition) is 2. The lowest BCUT2D eigenvalue weighted by molar-refractivity contribution is 0.372. The SMILES string of the molecule is COc1cc(C(C)NCCc2cnn(C)c2)ccc1O. The molecule has 5 nitrogen and oxygen atoms in total. The van der Waals surface area contributed by atoms with Crippen LogP contribution in [0.15, 0.2) is 30.6 Å². The van der Waals surface area contributed by atoms with Gasteiger partial charge in [0.1, 0.15) is 0 Å². The molecule has 2 aromatic rings. The molecule has 0 radical (unpaired) electrons. The minimum Gasteiger partial charge on any atom is -0.504 e. The zero-order valence-corrected chi connectivity index (χ0v) is 12.1. The smallest absolute Gasteiger partial charge is 0.160 e. The number of aromatic nitrogens is 2. The zero-order chi connectivity index (χ0) is 14.5. The summed E-state index contributed by atoms with van der Waals surface area (Å²) in [6, 6.07) is 5.62. The molecule has 0 amide bonds. The molecule has 0 aliphatic rings. The molecule has 2 rings (SSSR count). The molecule has 5 heteroatoms. The Balaban J connectivity index is 1.89. The topological polar surface area (TPSA) is 59.3 Å². The van der Waals surface area contributed by atoms with E-state index in [9.17, 15) is 5.11 Å². The lowest BCUT2D eigenvalue weighted by atomic mass is 10.1. The second-order valence-corrected chi connectivity index (χ2v) is 4.88. The maximum absolute atomic E-state index is 9.59. The van der Waals surface area contributed by atoms with E-state index in [2.05, 4.69) is 17.3 Å². The molecular formula is C15H21N3O2. The Bertz CT molecular complexity index is 566. The average molecular weight is 275 g/mol. The van der Waals surface area contributed by atoms with Crippen molar-refractivity contribution in [2.45, 2.75) is 19.4 Å². The van der Waals surface area contributed by atoms with Gasteiger partial charge in [0.25, 0.3) is 0 Å². The van der Waals surface area contributed by atoms with E-state index in [-0.39, 0.29) is 11.8 Å². The fourth-order valence-corrected chi connectivity index (χ4v) is 2.12. The summed E-state index contributed by atoms with van der Waals surface area (Å²) >= 11 is 0. The molecule has 108 valence electrons. The van der Waals surface area contributed by atoms with Crippen LogP contribution in [0.5, 0.6) is 11.5 Å². The van der Waals surface area contributed by atoms with Gasteiger partial charge < -0.3 is 15.2 Å². The third-order valence-corrected chi connectivity index (χ3v) is 3.33. The van der Waals surface area contributed by atoms with Gasteiger partial charge in [-0.05, 0) is 43.1 Å². The Morgan fingerprint density at radius 1 is 1.45 bits per heavy atom. The van der Waals surface area contributed by atoms with Gasteiger partial charge in [0.05, 0.1) is 13.3 Å². The van der Waals surface area contributed by atoms with Crippen molar-refractivity contribution in [1.29, 1.82) is 0 Å². The van der Waals surface area contributed by atoms with Crippen LogP contribution in [0.2, 0.25) is 0 Å². The maximum Gasteiger partial charge on any atom is 0.160 e. The quantitative estimate of drug-likeness (QED) is 0.847. The highest BCUT2D eigenvalue weighted by Gasteiger charge is 2.08. The highest BCUT2D eigenvalue weighted by Crippen LogP contribution is 2.28. The van der Waals surface area contributed by atoms with Crippen LogP contribution in [0, 0.1) is 0 Å². The van der Waals surface area contributed by atoms with Gasteiger partial charge in [0, 0.05) is 19.3 Å². The molecule has 1 heterocycles. The summed E-state index contributed by atoms with van der Waals surface area (Å²) in [5.41, 5.74) is 2.31. The number of nitrogens with one attached hydrogen (secondary N) is 1. The summed E-state index contributed by atoms with van der Waals surface area (Å²) in [4.78, 5) is 0. The average Bonchev–Trinajstić information content (AvgIpc) is 2.85. The molecule has 0 bridgehead atoms. The number of rotatable bonds is 6. The Hall–Kier alpha value is -2.01. The van der Waals surface area contributed by atoms with Crippen LogP contribution < -0.4 is 10.1 Å². The number of benzene rings is 1. The molecule has 2 N–H and O–H groups in total. The summed E-state index contributed by atoms with van der Waals surface area (Å²) in [5.74, 6) is 0.669. The van der Waals surface area contributed by atoms with Crippen molar-refractivity contribution in [3.63, 3.8) is 0 Å². The van der Waals surface area contributed by atoms with E-state index in [1.807, 2.05) is 36.3 Å². The zero-order valence-electron chi connectivity index (χ0n) is 12.1. The van der Waals surface area contributed by atoms with E-state index in [1.54, 1.807) is 13.2 Å². The first-order chi connectivity index (χ1) is 9.60. The number of nitrogens with zero attached hydrogens (tertiary/aromatic N) is 2. The predicted octanol–water partition coefficient (Wildman–Crippen LogP) is 2.03. The number of phenols is 1. The molecule has 1 aromatic carbocycles. The molecule has 20 heavy (non-hydrogen) atoms. The Morgan fingerprint density at radius 2 is 2.25 bits per heavy atom. The van der Waals surface area contributed by atoms with Crippen LogP contribution in [0.25, 0.3) is 0 Å². The van der Waals surface area contributed by atoms with Gasteiger partial charge >= 0.3 is 0 Å². The predicted molar refractivity (Wildman–Crippen MR) is 78.0 cm³/mol. The normalized spacial score (nSPS) is 12.3. The minimum absolute atomic E-state index is 0.166. The molecule has 0 spiro atoms. The van der Waals surface area contributed by atoms with Crippen LogP contribution in [0.1, 0.15) is 24.1 Å². The van der Waals surface area contributed by atoms with Crippen LogP contribution in [0.3, 0.4) is 0 Å². The van der Waals surface area contributed by atoms with E-state index < -0.39 is 0 Å². The number of hydrogen-bond acceptors (Lipinski definition) is 4.